The van der Waals surface area contributed by atoms with E-state index < -0.39 is 0 Å². The number of aryl methyl sites for hydroxylation is 1. The molecule has 1 aromatic rings. The lowest BCUT2D eigenvalue weighted by Gasteiger charge is -2.25. The third-order valence-electron chi connectivity index (χ3n) is 2.47. The molecule has 0 bridgehead atoms. The van der Waals surface area contributed by atoms with E-state index in [1.165, 1.54) is 0 Å². The summed E-state index contributed by atoms with van der Waals surface area (Å²) in [5, 5.41) is 0. The lowest BCUT2D eigenvalue weighted by molar-refractivity contribution is -0.119. The molecule has 0 spiro atoms. The van der Waals surface area contributed by atoms with E-state index in [9.17, 15) is 4.79 Å². The van der Waals surface area contributed by atoms with Gasteiger partial charge >= 0.3 is 0 Å². The first-order valence-electron chi connectivity index (χ1n) is 6.01. The van der Waals surface area contributed by atoms with E-state index in [4.69, 9.17) is 0 Å². The van der Waals surface area contributed by atoms with Gasteiger partial charge in [-0.1, -0.05) is 19.9 Å². The number of hydrogen-bond acceptors (Lipinski definition) is 2. The highest BCUT2D eigenvalue weighted by molar-refractivity contribution is 5.92. The predicted octanol–water partition coefficient (Wildman–Crippen LogP) is 2.93. The van der Waals surface area contributed by atoms with Crippen LogP contribution in [-0.2, 0) is 4.79 Å². The molecule has 0 N–H and O–H groups in total. The first-order chi connectivity index (χ1) is 7.77. The molecule has 1 aromatic heterocycles. The molecule has 3 heteroatoms. The van der Waals surface area contributed by atoms with Gasteiger partial charge in [-0.05, 0) is 31.9 Å². The van der Waals surface area contributed by atoms with Crippen molar-refractivity contribution >= 4 is 11.7 Å². The molecule has 0 aliphatic carbocycles. The van der Waals surface area contributed by atoms with Crippen molar-refractivity contribution in [3.05, 3.63) is 23.9 Å². The van der Waals surface area contributed by atoms with Crippen molar-refractivity contribution in [3.63, 3.8) is 0 Å². The fourth-order valence-corrected chi connectivity index (χ4v) is 1.73. The normalized spacial score (nSPS) is 15.4. The zero-order valence-corrected chi connectivity index (χ0v) is 10.4. The van der Waals surface area contributed by atoms with Gasteiger partial charge in [0.1, 0.15) is 5.82 Å². The van der Waals surface area contributed by atoms with Crippen LogP contribution in [0, 0.1) is 6.92 Å². The average molecular weight is 220 g/mol. The number of hydrogen-bond donors (Lipinski definition) is 0. The quantitative estimate of drug-likeness (QED) is 0.729. The van der Waals surface area contributed by atoms with Crippen LogP contribution in [0.2, 0.25) is 0 Å². The van der Waals surface area contributed by atoms with Gasteiger partial charge in [-0.3, -0.25) is 9.69 Å². The topological polar surface area (TPSA) is 33.2 Å². The fraction of sp³-hybridized carbons (Fsp3) is 0.538. The van der Waals surface area contributed by atoms with Crippen LogP contribution < -0.4 is 4.90 Å². The summed E-state index contributed by atoms with van der Waals surface area (Å²) in [6.07, 6.45) is 2.76. The van der Waals surface area contributed by atoms with Crippen LogP contribution in [0.25, 0.3) is 0 Å². The van der Waals surface area contributed by atoms with Crippen molar-refractivity contribution < 1.29 is 4.79 Å². The van der Waals surface area contributed by atoms with Crippen molar-refractivity contribution in [2.24, 2.45) is 0 Å². The van der Waals surface area contributed by atoms with Crippen molar-refractivity contribution in [1.29, 1.82) is 0 Å². The Morgan fingerprint density at radius 1 is 1.25 bits per heavy atom. The molecule has 0 saturated carbocycles. The van der Waals surface area contributed by atoms with E-state index in [1.54, 1.807) is 4.90 Å². The number of nitrogens with zero attached hydrogens (tertiary/aromatic N) is 2. The van der Waals surface area contributed by atoms with E-state index in [1.807, 2.05) is 39.0 Å². The molecule has 0 radical (unpaired) electrons. The summed E-state index contributed by atoms with van der Waals surface area (Å²) < 4.78 is 0. The highest BCUT2D eigenvalue weighted by atomic mass is 16.2. The first-order valence-corrected chi connectivity index (χ1v) is 6.01. The highest BCUT2D eigenvalue weighted by Crippen LogP contribution is 2.18. The Kier molecular flexibility index (Phi) is 4.96. The maximum Gasteiger partial charge on any atom is 0.228 e. The zero-order valence-electron chi connectivity index (χ0n) is 10.4. The van der Waals surface area contributed by atoms with E-state index in [0.717, 1.165) is 30.9 Å². The molecule has 1 aliphatic heterocycles. The number of carbonyl (C=O) groups excluding carboxylic acids is 1. The summed E-state index contributed by atoms with van der Waals surface area (Å²) in [4.78, 5) is 17.7. The van der Waals surface area contributed by atoms with Crippen molar-refractivity contribution in [1.82, 2.24) is 4.98 Å². The molecular formula is C13H20N2O. The van der Waals surface area contributed by atoms with Gasteiger partial charge < -0.3 is 0 Å². The maximum atomic E-state index is 11.6. The standard InChI is InChI=1S/C11H14N2O.C2H6/c1-9-5-4-6-10(12-9)13-8-3-2-7-11(13)14;1-2/h4-6H,2-3,7-8H2,1H3;1-2H3. The third kappa shape index (κ3) is 3.05. The minimum absolute atomic E-state index is 0.203. The number of amides is 1. The number of piperidine rings is 1. The second-order valence-corrected chi connectivity index (χ2v) is 3.64. The van der Waals surface area contributed by atoms with Gasteiger partial charge in [0.25, 0.3) is 0 Å². The Morgan fingerprint density at radius 2 is 2.00 bits per heavy atom. The van der Waals surface area contributed by atoms with Gasteiger partial charge in [-0.2, -0.15) is 0 Å². The molecule has 0 aromatic carbocycles. The Balaban J connectivity index is 0.000000606. The van der Waals surface area contributed by atoms with E-state index in [2.05, 4.69) is 4.98 Å². The van der Waals surface area contributed by atoms with E-state index in [-0.39, 0.29) is 5.91 Å². The van der Waals surface area contributed by atoms with E-state index >= 15 is 0 Å². The molecular weight excluding hydrogens is 200 g/mol. The lowest BCUT2D eigenvalue weighted by atomic mass is 10.1. The van der Waals surface area contributed by atoms with Gasteiger partial charge in [0, 0.05) is 18.7 Å². The summed E-state index contributed by atoms with van der Waals surface area (Å²) in [5.41, 5.74) is 0.959. The van der Waals surface area contributed by atoms with E-state index in [0.29, 0.717) is 6.42 Å². The Morgan fingerprint density at radius 3 is 2.62 bits per heavy atom. The maximum absolute atomic E-state index is 11.6. The first kappa shape index (κ1) is 12.7. The van der Waals surface area contributed by atoms with Gasteiger partial charge in [0.05, 0.1) is 0 Å². The molecule has 1 fully saturated rings. The van der Waals surface area contributed by atoms with Crippen LogP contribution in [0.15, 0.2) is 18.2 Å². The molecule has 3 nitrogen and oxygen atoms in total. The molecule has 0 unspecified atom stereocenters. The monoisotopic (exact) mass is 220 g/mol. The number of anilines is 1. The predicted molar refractivity (Wildman–Crippen MR) is 66.5 cm³/mol. The van der Waals surface area contributed by atoms with Crippen LogP contribution >= 0.6 is 0 Å². The minimum atomic E-state index is 0.203. The van der Waals surface area contributed by atoms with Crippen LogP contribution in [0.5, 0.6) is 0 Å². The largest absolute Gasteiger partial charge is 0.297 e. The average Bonchev–Trinajstić information content (AvgIpc) is 2.32. The smallest absolute Gasteiger partial charge is 0.228 e. The molecule has 1 saturated heterocycles. The summed E-state index contributed by atoms with van der Waals surface area (Å²) in [5.74, 6) is 1.00. The van der Waals surface area contributed by atoms with Gasteiger partial charge in [0.2, 0.25) is 5.91 Å². The van der Waals surface area contributed by atoms with Crippen LogP contribution in [0.3, 0.4) is 0 Å². The number of pyridine rings is 1. The van der Waals surface area contributed by atoms with Crippen LogP contribution in [0.1, 0.15) is 38.8 Å². The van der Waals surface area contributed by atoms with Crippen LogP contribution in [0.4, 0.5) is 5.82 Å². The van der Waals surface area contributed by atoms with Gasteiger partial charge in [-0.25, -0.2) is 4.98 Å². The number of rotatable bonds is 1. The lowest BCUT2D eigenvalue weighted by Crippen LogP contribution is -2.35. The second-order valence-electron chi connectivity index (χ2n) is 3.64. The van der Waals surface area contributed by atoms with Crippen molar-refractivity contribution in [2.45, 2.75) is 40.0 Å². The third-order valence-corrected chi connectivity index (χ3v) is 2.47. The molecule has 2 heterocycles. The molecule has 16 heavy (non-hydrogen) atoms. The SMILES string of the molecule is CC.Cc1cccc(N2CCCCC2=O)n1. The summed E-state index contributed by atoms with van der Waals surface area (Å²) in [6, 6.07) is 5.79. The molecule has 0 atom stereocenters. The Labute approximate surface area is 97.5 Å². The summed E-state index contributed by atoms with van der Waals surface area (Å²) in [7, 11) is 0. The van der Waals surface area contributed by atoms with Gasteiger partial charge in [-0.15, -0.1) is 0 Å². The molecule has 1 aliphatic rings. The molecule has 2 rings (SSSR count). The van der Waals surface area contributed by atoms with Crippen LogP contribution in [-0.4, -0.2) is 17.4 Å². The summed E-state index contributed by atoms with van der Waals surface area (Å²) in [6.45, 7) is 6.76. The van der Waals surface area contributed by atoms with Crippen molar-refractivity contribution in [3.8, 4) is 0 Å². The number of aromatic nitrogens is 1. The van der Waals surface area contributed by atoms with Gasteiger partial charge in [0.15, 0.2) is 0 Å². The van der Waals surface area contributed by atoms with Crippen molar-refractivity contribution in [2.75, 3.05) is 11.4 Å². The molecule has 1 amide bonds. The Hall–Kier alpha value is -1.38. The fourth-order valence-electron chi connectivity index (χ4n) is 1.73. The highest BCUT2D eigenvalue weighted by Gasteiger charge is 2.20. The zero-order chi connectivity index (χ0) is 12.0. The summed E-state index contributed by atoms with van der Waals surface area (Å²) >= 11 is 0. The second kappa shape index (κ2) is 6.26. The molecule has 88 valence electrons. The number of carbonyl (C=O) groups is 1. The minimum Gasteiger partial charge on any atom is -0.297 e. The Bertz CT molecular complexity index is 350.